The SMILES string of the molecule is N#Cc1ccc(Cn2cnnc2CN(CCc2ccc(Br)cc2)c2ncccn2)cc1. The van der Waals surface area contributed by atoms with Gasteiger partial charge >= 0.3 is 0 Å². The molecule has 0 aliphatic carbocycles. The number of nitriles is 1. The molecule has 4 aromatic rings. The minimum Gasteiger partial charge on any atom is -0.333 e. The second-order valence-corrected chi connectivity index (χ2v) is 7.95. The van der Waals surface area contributed by atoms with Gasteiger partial charge in [0.1, 0.15) is 6.33 Å². The number of hydrogen-bond donors (Lipinski definition) is 0. The van der Waals surface area contributed by atoms with Gasteiger partial charge in [-0.1, -0.05) is 40.2 Å². The average molecular weight is 474 g/mol. The molecule has 31 heavy (non-hydrogen) atoms. The number of halogens is 1. The van der Waals surface area contributed by atoms with E-state index in [1.54, 1.807) is 18.7 Å². The summed E-state index contributed by atoms with van der Waals surface area (Å²) in [4.78, 5) is 11.0. The Kier molecular flexibility index (Phi) is 6.65. The number of anilines is 1. The van der Waals surface area contributed by atoms with Crippen molar-refractivity contribution < 1.29 is 0 Å². The fourth-order valence-corrected chi connectivity index (χ4v) is 3.47. The van der Waals surface area contributed by atoms with Crippen molar-refractivity contribution in [1.82, 2.24) is 24.7 Å². The van der Waals surface area contributed by atoms with Crippen molar-refractivity contribution >= 4 is 21.9 Å². The maximum absolute atomic E-state index is 8.99. The number of aromatic nitrogens is 5. The maximum atomic E-state index is 8.99. The Bertz CT molecular complexity index is 1150. The Morgan fingerprint density at radius 1 is 0.968 bits per heavy atom. The van der Waals surface area contributed by atoms with E-state index in [0.717, 1.165) is 28.8 Å². The molecule has 2 heterocycles. The zero-order chi connectivity index (χ0) is 21.5. The second kappa shape index (κ2) is 9.96. The van der Waals surface area contributed by atoms with Crippen molar-refractivity contribution in [2.24, 2.45) is 0 Å². The predicted octanol–water partition coefficient (Wildman–Crippen LogP) is 4.00. The molecular formula is C23H20BrN7. The topological polar surface area (TPSA) is 83.5 Å². The first kappa shape index (κ1) is 20.7. The Morgan fingerprint density at radius 2 is 1.68 bits per heavy atom. The van der Waals surface area contributed by atoms with Crippen molar-refractivity contribution in [3.63, 3.8) is 0 Å². The van der Waals surface area contributed by atoms with E-state index < -0.39 is 0 Å². The smallest absolute Gasteiger partial charge is 0.225 e. The molecule has 7 nitrogen and oxygen atoms in total. The van der Waals surface area contributed by atoms with Gasteiger partial charge in [-0.15, -0.1) is 10.2 Å². The lowest BCUT2D eigenvalue weighted by molar-refractivity contribution is 0.666. The molecule has 0 aliphatic rings. The zero-order valence-electron chi connectivity index (χ0n) is 16.8. The van der Waals surface area contributed by atoms with Crippen LogP contribution in [0.15, 0.2) is 77.8 Å². The van der Waals surface area contributed by atoms with Gasteiger partial charge in [0.2, 0.25) is 5.95 Å². The first-order valence-corrected chi connectivity index (χ1v) is 10.6. The molecule has 2 aromatic heterocycles. The first-order valence-electron chi connectivity index (χ1n) is 9.83. The van der Waals surface area contributed by atoms with Crippen LogP contribution in [0, 0.1) is 11.3 Å². The van der Waals surface area contributed by atoms with Crippen LogP contribution in [0.4, 0.5) is 5.95 Å². The third-order valence-corrected chi connectivity index (χ3v) is 5.41. The lowest BCUT2D eigenvalue weighted by Gasteiger charge is -2.22. The molecule has 0 fully saturated rings. The molecule has 0 amide bonds. The predicted molar refractivity (Wildman–Crippen MR) is 121 cm³/mol. The van der Waals surface area contributed by atoms with Crippen molar-refractivity contribution in [3.05, 3.63) is 100 Å². The van der Waals surface area contributed by atoms with Gasteiger partial charge in [0, 0.05) is 23.4 Å². The lowest BCUT2D eigenvalue weighted by atomic mass is 10.1. The van der Waals surface area contributed by atoms with E-state index in [0.29, 0.717) is 24.6 Å². The summed E-state index contributed by atoms with van der Waals surface area (Å²) < 4.78 is 3.08. The fraction of sp³-hybridized carbons (Fsp3) is 0.174. The number of rotatable bonds is 8. The summed E-state index contributed by atoms with van der Waals surface area (Å²) in [6, 6.07) is 19.8. The molecular weight excluding hydrogens is 454 g/mol. The van der Waals surface area contributed by atoms with Gasteiger partial charge in [-0.05, 0) is 47.9 Å². The van der Waals surface area contributed by atoms with Crippen LogP contribution in [0.5, 0.6) is 0 Å². The van der Waals surface area contributed by atoms with Crippen LogP contribution >= 0.6 is 15.9 Å². The van der Waals surface area contributed by atoms with Crippen LogP contribution in [-0.4, -0.2) is 31.3 Å². The standard InChI is InChI=1S/C23H20BrN7/c24-21-8-6-18(7-9-21)10-13-30(23-26-11-1-12-27-23)16-22-29-28-17-31(22)15-20-4-2-19(14-25)3-5-20/h1-9,11-12,17H,10,13,15-16H2. The summed E-state index contributed by atoms with van der Waals surface area (Å²) in [5.41, 5.74) is 2.97. The molecule has 0 aliphatic heterocycles. The molecule has 0 N–H and O–H groups in total. The quantitative estimate of drug-likeness (QED) is 0.384. The number of nitrogens with zero attached hydrogens (tertiary/aromatic N) is 7. The van der Waals surface area contributed by atoms with E-state index in [-0.39, 0.29) is 0 Å². The molecule has 2 aromatic carbocycles. The molecule has 4 rings (SSSR count). The molecule has 0 spiro atoms. The van der Waals surface area contributed by atoms with Crippen LogP contribution in [0.25, 0.3) is 0 Å². The fourth-order valence-electron chi connectivity index (χ4n) is 3.20. The molecule has 8 heteroatoms. The first-order chi connectivity index (χ1) is 15.2. The van der Waals surface area contributed by atoms with E-state index in [1.165, 1.54) is 5.56 Å². The summed E-state index contributed by atoms with van der Waals surface area (Å²) in [6.45, 7) is 1.91. The normalized spacial score (nSPS) is 10.6. The highest BCUT2D eigenvalue weighted by atomic mass is 79.9. The lowest BCUT2D eigenvalue weighted by Crippen LogP contribution is -2.28. The highest BCUT2D eigenvalue weighted by Crippen LogP contribution is 2.15. The second-order valence-electron chi connectivity index (χ2n) is 7.03. The minimum atomic E-state index is 0.539. The van der Waals surface area contributed by atoms with Crippen molar-refractivity contribution in [1.29, 1.82) is 5.26 Å². The Balaban J connectivity index is 1.51. The van der Waals surface area contributed by atoms with E-state index in [2.05, 4.69) is 59.2 Å². The largest absolute Gasteiger partial charge is 0.333 e. The van der Waals surface area contributed by atoms with Crippen LogP contribution in [-0.2, 0) is 19.5 Å². The van der Waals surface area contributed by atoms with Crippen LogP contribution in [0.1, 0.15) is 22.5 Å². The molecule has 0 radical (unpaired) electrons. The summed E-state index contributed by atoms with van der Waals surface area (Å²) in [6.07, 6.45) is 6.08. The Labute approximate surface area is 189 Å². The monoisotopic (exact) mass is 473 g/mol. The minimum absolute atomic E-state index is 0.539. The van der Waals surface area contributed by atoms with Gasteiger partial charge < -0.3 is 9.47 Å². The Morgan fingerprint density at radius 3 is 2.39 bits per heavy atom. The summed E-state index contributed by atoms with van der Waals surface area (Å²) in [5, 5.41) is 17.4. The molecule has 0 saturated carbocycles. The van der Waals surface area contributed by atoms with Gasteiger partial charge in [-0.3, -0.25) is 0 Å². The summed E-state index contributed by atoms with van der Waals surface area (Å²) in [5.74, 6) is 1.49. The van der Waals surface area contributed by atoms with Crippen molar-refractivity contribution in [2.45, 2.75) is 19.5 Å². The van der Waals surface area contributed by atoms with E-state index in [4.69, 9.17) is 5.26 Å². The highest BCUT2D eigenvalue weighted by Gasteiger charge is 2.15. The van der Waals surface area contributed by atoms with E-state index in [9.17, 15) is 0 Å². The molecule has 0 bridgehead atoms. The van der Waals surface area contributed by atoms with E-state index >= 15 is 0 Å². The Hall–Kier alpha value is -3.57. The molecule has 0 atom stereocenters. The average Bonchev–Trinajstić information content (AvgIpc) is 3.25. The molecule has 0 unspecified atom stereocenters. The third-order valence-electron chi connectivity index (χ3n) is 4.88. The molecule has 154 valence electrons. The maximum Gasteiger partial charge on any atom is 0.225 e. The van der Waals surface area contributed by atoms with Gasteiger partial charge in [-0.2, -0.15) is 5.26 Å². The third kappa shape index (κ3) is 5.53. The van der Waals surface area contributed by atoms with Crippen LogP contribution in [0.2, 0.25) is 0 Å². The number of hydrogen-bond acceptors (Lipinski definition) is 6. The van der Waals surface area contributed by atoms with Crippen molar-refractivity contribution in [2.75, 3.05) is 11.4 Å². The van der Waals surface area contributed by atoms with Crippen molar-refractivity contribution in [3.8, 4) is 6.07 Å². The van der Waals surface area contributed by atoms with Gasteiger partial charge in [-0.25, -0.2) is 9.97 Å². The van der Waals surface area contributed by atoms with Gasteiger partial charge in [0.15, 0.2) is 5.82 Å². The van der Waals surface area contributed by atoms with Gasteiger partial charge in [0.25, 0.3) is 0 Å². The van der Waals surface area contributed by atoms with Crippen LogP contribution < -0.4 is 4.90 Å². The van der Waals surface area contributed by atoms with Gasteiger partial charge in [0.05, 0.1) is 24.7 Å². The molecule has 0 saturated heterocycles. The zero-order valence-corrected chi connectivity index (χ0v) is 18.4. The van der Waals surface area contributed by atoms with E-state index in [1.807, 2.05) is 47.0 Å². The summed E-state index contributed by atoms with van der Waals surface area (Å²) in [7, 11) is 0. The summed E-state index contributed by atoms with van der Waals surface area (Å²) >= 11 is 3.48. The highest BCUT2D eigenvalue weighted by molar-refractivity contribution is 9.10. The van der Waals surface area contributed by atoms with Crippen LogP contribution in [0.3, 0.4) is 0 Å². The number of benzene rings is 2.